The molecule has 1 aliphatic carbocycles. The second-order valence-electron chi connectivity index (χ2n) is 8.06. The molecule has 0 spiro atoms. The van der Waals surface area contributed by atoms with Crippen LogP contribution in [-0.4, -0.2) is 42.2 Å². The summed E-state index contributed by atoms with van der Waals surface area (Å²) in [7, 11) is -0.126. The topological polar surface area (TPSA) is 38.8 Å². The minimum absolute atomic E-state index is 0.126. The first-order chi connectivity index (χ1) is 9.77. The van der Waals surface area contributed by atoms with Crippen molar-refractivity contribution < 1.29 is 14.1 Å². The first-order valence-electron chi connectivity index (χ1n) is 8.40. The van der Waals surface area contributed by atoms with Crippen molar-refractivity contribution in [2.24, 2.45) is 11.8 Å². The van der Waals surface area contributed by atoms with E-state index in [1.807, 2.05) is 4.90 Å². The highest BCUT2D eigenvalue weighted by atomic mass is 16.7. The highest BCUT2D eigenvalue weighted by Crippen LogP contribution is 2.39. The van der Waals surface area contributed by atoms with E-state index in [0.29, 0.717) is 17.7 Å². The van der Waals surface area contributed by atoms with E-state index in [-0.39, 0.29) is 18.3 Å². The van der Waals surface area contributed by atoms with Crippen LogP contribution in [0.25, 0.3) is 0 Å². The molecule has 0 aromatic heterocycles. The first kappa shape index (κ1) is 15.4. The lowest BCUT2D eigenvalue weighted by molar-refractivity contribution is -0.130. The minimum atomic E-state index is -0.252. The normalized spacial score (nSPS) is 31.0. The molecule has 0 aromatic carbocycles. The van der Waals surface area contributed by atoms with Crippen LogP contribution in [0.15, 0.2) is 0 Å². The third kappa shape index (κ3) is 3.29. The van der Waals surface area contributed by atoms with Gasteiger partial charge in [-0.3, -0.25) is 4.79 Å². The van der Waals surface area contributed by atoms with Crippen LogP contribution in [-0.2, 0) is 14.1 Å². The largest absolute Gasteiger partial charge is 0.458 e. The molecule has 1 atom stereocenters. The van der Waals surface area contributed by atoms with E-state index >= 15 is 0 Å². The van der Waals surface area contributed by atoms with Crippen LogP contribution in [0.2, 0.25) is 6.32 Å². The molecule has 5 heteroatoms. The van der Waals surface area contributed by atoms with Gasteiger partial charge in [0, 0.05) is 19.5 Å². The fourth-order valence-electron chi connectivity index (χ4n) is 3.28. The van der Waals surface area contributed by atoms with E-state index in [4.69, 9.17) is 9.31 Å². The Kier molecular flexibility index (Phi) is 3.85. The molecule has 2 saturated heterocycles. The van der Waals surface area contributed by atoms with Crippen LogP contribution in [0.4, 0.5) is 0 Å². The number of likely N-dealkylation sites (tertiary alicyclic amines) is 1. The molecule has 1 unspecified atom stereocenters. The summed E-state index contributed by atoms with van der Waals surface area (Å²) in [6, 6.07) is 0. The lowest BCUT2D eigenvalue weighted by atomic mass is 9.77. The van der Waals surface area contributed by atoms with Gasteiger partial charge in [0.1, 0.15) is 0 Å². The van der Waals surface area contributed by atoms with Crippen molar-refractivity contribution in [2.75, 3.05) is 13.1 Å². The molecule has 21 heavy (non-hydrogen) atoms. The van der Waals surface area contributed by atoms with Gasteiger partial charge >= 0.3 is 7.12 Å². The van der Waals surface area contributed by atoms with E-state index in [1.165, 1.54) is 12.8 Å². The number of hydrogen-bond acceptors (Lipinski definition) is 3. The standard InChI is InChI=1S/C16H28BNO3/c1-15(2)16(3,4)21-17(20-15)10-13-7-8-18(11-13)14(19)9-12-5-6-12/h12-13H,5-11H2,1-4H3. The number of rotatable bonds is 4. The Morgan fingerprint density at radius 1 is 1.10 bits per heavy atom. The SMILES string of the molecule is CC1(C)OB(CC2CCN(C(=O)CC3CC3)C2)OC1(C)C. The van der Waals surface area contributed by atoms with Gasteiger partial charge in [0.2, 0.25) is 5.91 Å². The summed E-state index contributed by atoms with van der Waals surface area (Å²) in [6.07, 6.45) is 5.25. The van der Waals surface area contributed by atoms with Crippen LogP contribution in [0.1, 0.15) is 53.4 Å². The van der Waals surface area contributed by atoms with Gasteiger partial charge in [-0.05, 0) is 65.1 Å². The Balaban J connectivity index is 1.48. The second-order valence-corrected chi connectivity index (χ2v) is 8.06. The Bertz CT molecular complexity index is 404. The molecule has 3 rings (SSSR count). The second kappa shape index (κ2) is 5.27. The lowest BCUT2D eigenvalue weighted by Crippen LogP contribution is -2.41. The zero-order valence-corrected chi connectivity index (χ0v) is 13.9. The molecule has 1 saturated carbocycles. The number of amides is 1. The van der Waals surface area contributed by atoms with E-state index in [0.717, 1.165) is 32.3 Å². The fraction of sp³-hybridized carbons (Fsp3) is 0.938. The van der Waals surface area contributed by atoms with Gasteiger partial charge in [0.25, 0.3) is 0 Å². The summed E-state index contributed by atoms with van der Waals surface area (Å²) in [5.74, 6) is 1.55. The van der Waals surface area contributed by atoms with Crippen molar-refractivity contribution in [3.63, 3.8) is 0 Å². The van der Waals surface area contributed by atoms with Crippen molar-refractivity contribution in [1.82, 2.24) is 4.90 Å². The molecule has 1 amide bonds. The van der Waals surface area contributed by atoms with E-state index in [1.54, 1.807) is 0 Å². The number of carbonyl (C=O) groups is 1. The number of nitrogens with zero attached hydrogens (tertiary/aromatic N) is 1. The number of carbonyl (C=O) groups excluding carboxylic acids is 1. The lowest BCUT2D eigenvalue weighted by Gasteiger charge is -2.32. The summed E-state index contributed by atoms with van der Waals surface area (Å²) < 4.78 is 12.1. The smallest absolute Gasteiger partial charge is 0.403 e. The molecule has 0 N–H and O–H groups in total. The van der Waals surface area contributed by atoms with Gasteiger partial charge in [-0.1, -0.05) is 0 Å². The first-order valence-corrected chi connectivity index (χ1v) is 8.40. The predicted molar refractivity (Wildman–Crippen MR) is 82.9 cm³/mol. The van der Waals surface area contributed by atoms with Crippen molar-refractivity contribution in [3.8, 4) is 0 Å². The number of hydrogen-bond donors (Lipinski definition) is 0. The van der Waals surface area contributed by atoms with Crippen LogP contribution in [0.3, 0.4) is 0 Å². The molecule has 118 valence electrons. The van der Waals surface area contributed by atoms with Gasteiger partial charge in [-0.15, -0.1) is 0 Å². The molecule has 0 bridgehead atoms. The van der Waals surface area contributed by atoms with Gasteiger partial charge in [-0.25, -0.2) is 0 Å². The van der Waals surface area contributed by atoms with Gasteiger partial charge in [0.15, 0.2) is 0 Å². The van der Waals surface area contributed by atoms with Crippen LogP contribution in [0, 0.1) is 11.8 Å². The Hall–Kier alpha value is -0.545. The van der Waals surface area contributed by atoms with Crippen LogP contribution in [0.5, 0.6) is 0 Å². The van der Waals surface area contributed by atoms with E-state index in [9.17, 15) is 4.79 Å². The summed E-state index contributed by atoms with van der Waals surface area (Å²) in [5.41, 5.74) is -0.504. The van der Waals surface area contributed by atoms with Crippen molar-refractivity contribution in [2.45, 2.75) is 70.9 Å². The molecule has 3 aliphatic rings. The summed E-state index contributed by atoms with van der Waals surface area (Å²) >= 11 is 0. The van der Waals surface area contributed by atoms with Crippen molar-refractivity contribution in [1.29, 1.82) is 0 Å². The maximum absolute atomic E-state index is 12.1. The van der Waals surface area contributed by atoms with Crippen LogP contribution < -0.4 is 0 Å². The third-order valence-electron chi connectivity index (χ3n) is 5.63. The monoisotopic (exact) mass is 293 g/mol. The summed E-state index contributed by atoms with van der Waals surface area (Å²) in [6.45, 7) is 10.2. The predicted octanol–water partition coefficient (Wildman–Crippen LogP) is 2.73. The van der Waals surface area contributed by atoms with Gasteiger partial charge in [-0.2, -0.15) is 0 Å². The molecular weight excluding hydrogens is 265 g/mol. The van der Waals surface area contributed by atoms with Gasteiger partial charge in [0.05, 0.1) is 11.2 Å². The van der Waals surface area contributed by atoms with Crippen molar-refractivity contribution in [3.05, 3.63) is 0 Å². The average molecular weight is 293 g/mol. The quantitative estimate of drug-likeness (QED) is 0.748. The minimum Gasteiger partial charge on any atom is -0.403 e. The fourth-order valence-corrected chi connectivity index (χ4v) is 3.28. The maximum Gasteiger partial charge on any atom is 0.458 e. The Labute approximate surface area is 128 Å². The molecule has 3 fully saturated rings. The summed E-state index contributed by atoms with van der Waals surface area (Å²) in [4.78, 5) is 14.2. The van der Waals surface area contributed by atoms with Gasteiger partial charge < -0.3 is 14.2 Å². The molecule has 2 heterocycles. The zero-order chi connectivity index (χ0) is 15.3. The molecule has 0 aromatic rings. The molecule has 4 nitrogen and oxygen atoms in total. The van der Waals surface area contributed by atoms with Crippen molar-refractivity contribution >= 4 is 13.0 Å². The highest BCUT2D eigenvalue weighted by Gasteiger charge is 2.51. The van der Waals surface area contributed by atoms with E-state index in [2.05, 4.69) is 27.7 Å². The Morgan fingerprint density at radius 2 is 1.71 bits per heavy atom. The average Bonchev–Trinajstić information content (AvgIpc) is 2.98. The molecule has 2 aliphatic heterocycles. The summed E-state index contributed by atoms with van der Waals surface area (Å²) in [5, 5.41) is 0. The Morgan fingerprint density at radius 3 is 2.29 bits per heavy atom. The molecular formula is C16H28BNO3. The van der Waals surface area contributed by atoms with Crippen LogP contribution >= 0.6 is 0 Å². The molecule has 0 radical (unpaired) electrons. The maximum atomic E-state index is 12.1. The third-order valence-corrected chi connectivity index (χ3v) is 5.63. The zero-order valence-electron chi connectivity index (χ0n) is 13.9. The van der Waals surface area contributed by atoms with E-state index < -0.39 is 0 Å². The highest BCUT2D eigenvalue weighted by molar-refractivity contribution is 6.45.